The second kappa shape index (κ2) is 7.75. The third-order valence-corrected chi connectivity index (χ3v) is 7.14. The van der Waals surface area contributed by atoms with E-state index in [2.05, 4.69) is 59.5 Å². The van der Waals surface area contributed by atoms with Gasteiger partial charge in [0.1, 0.15) is 0 Å². The molecule has 164 valence electrons. The predicted octanol–water partition coefficient (Wildman–Crippen LogP) is 4.87. The molecule has 3 aromatic rings. The molecule has 3 aliphatic rings. The molecule has 0 saturated carbocycles. The molecule has 3 aromatic carbocycles. The molecule has 0 unspecified atom stereocenters. The first-order chi connectivity index (χ1) is 15.8. The van der Waals surface area contributed by atoms with Crippen LogP contribution in [0.2, 0.25) is 0 Å². The summed E-state index contributed by atoms with van der Waals surface area (Å²) in [6.07, 6.45) is 1.96. The molecule has 5 nitrogen and oxygen atoms in total. The summed E-state index contributed by atoms with van der Waals surface area (Å²) < 4.78 is 22.9. The van der Waals surface area contributed by atoms with Gasteiger partial charge in [-0.25, -0.2) is 0 Å². The molecular formula is C27H27NO4. The lowest BCUT2D eigenvalue weighted by Crippen LogP contribution is -2.42. The first kappa shape index (κ1) is 19.5. The summed E-state index contributed by atoms with van der Waals surface area (Å²) in [6, 6.07) is 19.8. The van der Waals surface area contributed by atoms with Crippen molar-refractivity contribution >= 4 is 0 Å². The van der Waals surface area contributed by atoms with Gasteiger partial charge >= 0.3 is 0 Å². The molecule has 0 aliphatic carbocycles. The Hall–Kier alpha value is -3.18. The molecule has 2 atom stereocenters. The molecule has 6 rings (SSSR count). The molecule has 0 aromatic heterocycles. The van der Waals surface area contributed by atoms with E-state index < -0.39 is 0 Å². The molecule has 0 saturated heterocycles. The zero-order valence-electron chi connectivity index (χ0n) is 18.5. The van der Waals surface area contributed by atoms with Gasteiger partial charge < -0.3 is 18.9 Å². The Balaban J connectivity index is 1.52. The molecule has 0 bridgehead atoms. The van der Waals surface area contributed by atoms with Gasteiger partial charge in [0.05, 0.1) is 14.2 Å². The minimum Gasteiger partial charge on any atom is -0.493 e. The van der Waals surface area contributed by atoms with E-state index in [-0.39, 0.29) is 6.04 Å². The number of hydrogen-bond donors (Lipinski definition) is 0. The van der Waals surface area contributed by atoms with E-state index in [0.717, 1.165) is 48.9 Å². The van der Waals surface area contributed by atoms with Crippen molar-refractivity contribution in [3.8, 4) is 23.0 Å². The van der Waals surface area contributed by atoms with E-state index in [1.165, 1.54) is 27.8 Å². The summed E-state index contributed by atoms with van der Waals surface area (Å²) in [5.41, 5.74) is 6.67. The lowest BCUT2D eigenvalue weighted by Gasteiger charge is -2.46. The zero-order chi connectivity index (χ0) is 21.7. The molecule has 3 aliphatic heterocycles. The Morgan fingerprint density at radius 2 is 1.75 bits per heavy atom. The van der Waals surface area contributed by atoms with Gasteiger partial charge in [0.25, 0.3) is 0 Å². The van der Waals surface area contributed by atoms with Crippen LogP contribution in [-0.4, -0.2) is 32.5 Å². The Bertz CT molecular complexity index is 1160. The monoisotopic (exact) mass is 429 g/mol. The van der Waals surface area contributed by atoms with Crippen LogP contribution < -0.4 is 18.9 Å². The fraction of sp³-hybridized carbons (Fsp3) is 0.333. The van der Waals surface area contributed by atoms with E-state index in [1.54, 1.807) is 14.2 Å². The van der Waals surface area contributed by atoms with Gasteiger partial charge in [-0.1, -0.05) is 36.4 Å². The summed E-state index contributed by atoms with van der Waals surface area (Å²) in [6.45, 7) is 2.15. The highest BCUT2D eigenvalue weighted by molar-refractivity contribution is 5.57. The average Bonchev–Trinajstić information content (AvgIpc) is 3.29. The lowest BCUT2D eigenvalue weighted by molar-refractivity contribution is 0.130. The summed E-state index contributed by atoms with van der Waals surface area (Å²) in [7, 11) is 3.44. The van der Waals surface area contributed by atoms with Gasteiger partial charge in [-0.05, 0) is 53.3 Å². The van der Waals surface area contributed by atoms with Crippen LogP contribution >= 0.6 is 0 Å². The van der Waals surface area contributed by atoms with Crippen molar-refractivity contribution < 1.29 is 18.9 Å². The third-order valence-electron chi connectivity index (χ3n) is 7.14. The van der Waals surface area contributed by atoms with Crippen molar-refractivity contribution in [3.63, 3.8) is 0 Å². The normalized spacial score (nSPS) is 20.8. The van der Waals surface area contributed by atoms with Crippen LogP contribution in [0, 0.1) is 0 Å². The van der Waals surface area contributed by atoms with Crippen LogP contribution in [-0.2, 0) is 19.4 Å². The van der Waals surface area contributed by atoms with Gasteiger partial charge in [0, 0.05) is 30.6 Å². The van der Waals surface area contributed by atoms with E-state index in [1.807, 2.05) is 0 Å². The maximum absolute atomic E-state index is 5.85. The van der Waals surface area contributed by atoms with Crippen molar-refractivity contribution in [3.05, 3.63) is 82.4 Å². The van der Waals surface area contributed by atoms with Crippen LogP contribution in [0.3, 0.4) is 0 Å². The number of hydrogen-bond acceptors (Lipinski definition) is 5. The topological polar surface area (TPSA) is 40.2 Å². The molecule has 0 radical (unpaired) electrons. The quantitative estimate of drug-likeness (QED) is 0.592. The summed E-state index contributed by atoms with van der Waals surface area (Å²) in [5.74, 6) is 3.68. The Morgan fingerprint density at radius 1 is 0.938 bits per heavy atom. The Kier molecular flexibility index (Phi) is 4.72. The minimum absolute atomic E-state index is 0.277. The molecule has 0 fully saturated rings. The van der Waals surface area contributed by atoms with Gasteiger partial charge in [-0.3, -0.25) is 4.90 Å². The minimum atomic E-state index is 0.277. The van der Waals surface area contributed by atoms with Gasteiger partial charge in [0.2, 0.25) is 6.79 Å². The SMILES string of the molecule is COc1ccc2c(c1OC)CN1CCc3cc4c(cc3[C@@H]1[C@@H]2Cc1ccccc1)OCO4. The molecule has 0 amide bonds. The van der Waals surface area contributed by atoms with Crippen molar-refractivity contribution in [2.24, 2.45) is 0 Å². The van der Waals surface area contributed by atoms with E-state index in [4.69, 9.17) is 18.9 Å². The van der Waals surface area contributed by atoms with E-state index in [9.17, 15) is 0 Å². The Labute approximate surface area is 188 Å². The van der Waals surface area contributed by atoms with Crippen LogP contribution in [0.5, 0.6) is 23.0 Å². The van der Waals surface area contributed by atoms with Crippen molar-refractivity contribution in [2.75, 3.05) is 27.6 Å². The molecule has 32 heavy (non-hydrogen) atoms. The molecule has 3 heterocycles. The number of fused-ring (bicyclic) bond motifs is 5. The van der Waals surface area contributed by atoms with Crippen LogP contribution in [0.15, 0.2) is 54.6 Å². The number of rotatable bonds is 4. The first-order valence-corrected chi connectivity index (χ1v) is 11.2. The number of nitrogens with zero attached hydrogens (tertiary/aromatic N) is 1. The maximum atomic E-state index is 5.85. The van der Waals surface area contributed by atoms with Crippen LogP contribution in [0.1, 0.15) is 39.8 Å². The molecule has 0 spiro atoms. The Morgan fingerprint density at radius 3 is 2.53 bits per heavy atom. The fourth-order valence-corrected chi connectivity index (χ4v) is 5.72. The van der Waals surface area contributed by atoms with Crippen molar-refractivity contribution in [1.29, 1.82) is 0 Å². The average molecular weight is 430 g/mol. The number of ether oxygens (including phenoxy) is 4. The zero-order valence-corrected chi connectivity index (χ0v) is 18.5. The summed E-state index contributed by atoms with van der Waals surface area (Å²) >= 11 is 0. The number of methoxy groups -OCH3 is 2. The van der Waals surface area contributed by atoms with Crippen LogP contribution in [0.25, 0.3) is 0 Å². The maximum Gasteiger partial charge on any atom is 0.231 e. The van der Waals surface area contributed by atoms with Crippen molar-refractivity contribution in [2.45, 2.75) is 31.3 Å². The predicted molar refractivity (Wildman–Crippen MR) is 122 cm³/mol. The third kappa shape index (κ3) is 3.03. The second-order valence-electron chi connectivity index (χ2n) is 8.73. The highest BCUT2D eigenvalue weighted by Gasteiger charge is 2.41. The molecule has 5 heteroatoms. The lowest BCUT2D eigenvalue weighted by atomic mass is 9.73. The largest absolute Gasteiger partial charge is 0.493 e. The fourth-order valence-electron chi connectivity index (χ4n) is 5.72. The smallest absolute Gasteiger partial charge is 0.231 e. The van der Waals surface area contributed by atoms with Gasteiger partial charge in [-0.15, -0.1) is 0 Å². The second-order valence-corrected chi connectivity index (χ2v) is 8.73. The van der Waals surface area contributed by atoms with E-state index >= 15 is 0 Å². The van der Waals surface area contributed by atoms with Gasteiger partial charge in [0.15, 0.2) is 23.0 Å². The summed E-state index contributed by atoms with van der Waals surface area (Å²) in [5, 5.41) is 0. The molecular weight excluding hydrogens is 402 g/mol. The number of benzene rings is 3. The van der Waals surface area contributed by atoms with E-state index in [0.29, 0.717) is 12.7 Å². The molecule has 0 N–H and O–H groups in total. The van der Waals surface area contributed by atoms with Crippen LogP contribution in [0.4, 0.5) is 0 Å². The first-order valence-electron chi connectivity index (χ1n) is 11.2. The van der Waals surface area contributed by atoms with Crippen molar-refractivity contribution in [1.82, 2.24) is 4.90 Å². The van der Waals surface area contributed by atoms with Gasteiger partial charge in [-0.2, -0.15) is 0 Å². The summed E-state index contributed by atoms with van der Waals surface area (Å²) in [4.78, 5) is 2.60. The highest BCUT2D eigenvalue weighted by Crippen LogP contribution is 2.52. The standard InChI is InChI=1S/C27H27NO4/c1-29-23-9-8-19-21(12-17-6-4-3-5-7-17)26-20-14-25-24(31-16-32-25)13-18(20)10-11-28(26)15-22(19)27(23)30-2/h3-9,13-14,21,26H,10-12,15-16H2,1-2H3/t21-,26-/m1/s1. The highest BCUT2D eigenvalue weighted by atomic mass is 16.7.